The van der Waals surface area contributed by atoms with Gasteiger partial charge < -0.3 is 20.4 Å². The number of hydrogen-bond donors (Lipinski definition) is 4. The Morgan fingerprint density at radius 2 is 1.73 bits per heavy atom. The summed E-state index contributed by atoms with van der Waals surface area (Å²) in [6.45, 7) is 3.04. The number of carboxylic acids is 3. The SMILES string of the molecule is C=CC(C(=O)O)C(O)(CC(=O)O)C(=O)O. The molecule has 2 unspecified atom stereocenters. The van der Waals surface area contributed by atoms with E-state index in [-0.39, 0.29) is 0 Å². The van der Waals surface area contributed by atoms with Gasteiger partial charge in [0, 0.05) is 0 Å². The maximum atomic E-state index is 10.6. The molecule has 0 radical (unpaired) electrons. The third-order valence-corrected chi connectivity index (χ3v) is 1.81. The summed E-state index contributed by atoms with van der Waals surface area (Å²) in [5.74, 6) is -7.08. The van der Waals surface area contributed by atoms with E-state index in [0.717, 1.165) is 0 Å². The van der Waals surface area contributed by atoms with Gasteiger partial charge in [-0.1, -0.05) is 6.08 Å². The Bertz CT molecular complexity index is 308. The molecule has 0 spiro atoms. The number of carbonyl (C=O) groups is 3. The number of aliphatic hydroxyl groups is 1. The lowest BCUT2D eigenvalue weighted by atomic mass is 9.84. The number of hydrogen-bond acceptors (Lipinski definition) is 4. The van der Waals surface area contributed by atoms with Crippen molar-refractivity contribution < 1.29 is 34.8 Å². The second-order valence-corrected chi connectivity index (χ2v) is 2.85. The minimum atomic E-state index is -2.89. The normalized spacial score (nSPS) is 16.1. The van der Waals surface area contributed by atoms with Gasteiger partial charge in [-0.15, -0.1) is 6.58 Å². The summed E-state index contributed by atoms with van der Waals surface area (Å²) < 4.78 is 0. The topological polar surface area (TPSA) is 132 Å². The predicted octanol–water partition coefficient (Wildman–Crippen LogP) is -0.836. The average molecular weight is 218 g/mol. The Labute approximate surface area is 84.3 Å². The first-order chi connectivity index (χ1) is 6.75. The molecule has 2 atom stereocenters. The highest BCUT2D eigenvalue weighted by molar-refractivity contribution is 5.90. The van der Waals surface area contributed by atoms with Crippen molar-refractivity contribution >= 4 is 17.9 Å². The lowest BCUT2D eigenvalue weighted by Crippen LogP contribution is -2.49. The van der Waals surface area contributed by atoms with E-state index in [9.17, 15) is 19.5 Å². The number of rotatable bonds is 6. The van der Waals surface area contributed by atoms with Crippen molar-refractivity contribution in [3.63, 3.8) is 0 Å². The van der Waals surface area contributed by atoms with Crippen molar-refractivity contribution in [2.45, 2.75) is 12.0 Å². The molecule has 0 aliphatic heterocycles. The lowest BCUT2D eigenvalue weighted by Gasteiger charge is -2.25. The van der Waals surface area contributed by atoms with Gasteiger partial charge in [0.15, 0.2) is 5.60 Å². The van der Waals surface area contributed by atoms with Crippen molar-refractivity contribution in [3.05, 3.63) is 12.7 Å². The molecular formula is C8H10O7. The minimum absolute atomic E-state index is 0.680. The zero-order chi connectivity index (χ0) is 12.2. The van der Waals surface area contributed by atoms with Crippen molar-refractivity contribution in [1.82, 2.24) is 0 Å². The van der Waals surface area contributed by atoms with Gasteiger partial charge in [-0.2, -0.15) is 0 Å². The summed E-state index contributed by atoms with van der Waals surface area (Å²) in [5, 5.41) is 35.0. The van der Waals surface area contributed by atoms with Gasteiger partial charge in [0.1, 0.15) is 5.92 Å². The first kappa shape index (κ1) is 13.1. The Balaban J connectivity index is 5.24. The quantitative estimate of drug-likeness (QED) is 0.427. The minimum Gasteiger partial charge on any atom is -0.481 e. The van der Waals surface area contributed by atoms with Crippen molar-refractivity contribution in [1.29, 1.82) is 0 Å². The molecule has 4 N–H and O–H groups in total. The van der Waals surface area contributed by atoms with E-state index in [4.69, 9.17) is 15.3 Å². The fourth-order valence-corrected chi connectivity index (χ4v) is 1.05. The lowest BCUT2D eigenvalue weighted by molar-refractivity contribution is -0.175. The second-order valence-electron chi connectivity index (χ2n) is 2.85. The first-order valence-corrected chi connectivity index (χ1v) is 3.78. The van der Waals surface area contributed by atoms with Crippen LogP contribution in [0, 0.1) is 5.92 Å². The summed E-state index contributed by atoms with van der Waals surface area (Å²) in [4.78, 5) is 31.5. The summed E-state index contributed by atoms with van der Waals surface area (Å²) in [5.41, 5.74) is -2.89. The van der Waals surface area contributed by atoms with E-state index >= 15 is 0 Å². The van der Waals surface area contributed by atoms with Gasteiger partial charge in [-0.25, -0.2) is 4.79 Å². The number of carboxylic acid groups (broad SMARTS) is 3. The van der Waals surface area contributed by atoms with Crippen LogP contribution in [-0.4, -0.2) is 43.9 Å². The molecule has 7 heteroatoms. The Morgan fingerprint density at radius 3 is 1.93 bits per heavy atom. The van der Waals surface area contributed by atoms with Crippen LogP contribution < -0.4 is 0 Å². The maximum Gasteiger partial charge on any atom is 0.337 e. The number of aliphatic carboxylic acids is 3. The molecular weight excluding hydrogens is 208 g/mol. The van der Waals surface area contributed by atoms with Crippen LogP contribution in [0.15, 0.2) is 12.7 Å². The van der Waals surface area contributed by atoms with Crippen LogP contribution in [0.2, 0.25) is 0 Å². The fourth-order valence-electron chi connectivity index (χ4n) is 1.05. The molecule has 0 aromatic carbocycles. The van der Waals surface area contributed by atoms with Crippen molar-refractivity contribution in [2.75, 3.05) is 0 Å². The van der Waals surface area contributed by atoms with Crippen LogP contribution in [0.25, 0.3) is 0 Å². The van der Waals surface area contributed by atoms with Crippen LogP contribution in [-0.2, 0) is 14.4 Å². The monoisotopic (exact) mass is 218 g/mol. The highest BCUT2D eigenvalue weighted by Gasteiger charge is 2.48. The first-order valence-electron chi connectivity index (χ1n) is 3.78. The van der Waals surface area contributed by atoms with Gasteiger partial charge in [-0.05, 0) is 0 Å². The predicted molar refractivity (Wildman–Crippen MR) is 46.2 cm³/mol. The highest BCUT2D eigenvalue weighted by atomic mass is 16.4. The zero-order valence-corrected chi connectivity index (χ0v) is 7.58. The molecule has 0 saturated heterocycles. The van der Waals surface area contributed by atoms with Gasteiger partial charge in [0.2, 0.25) is 0 Å². The smallest absolute Gasteiger partial charge is 0.337 e. The Hall–Kier alpha value is -1.89. The summed E-state index contributed by atoms with van der Waals surface area (Å²) in [6, 6.07) is 0. The maximum absolute atomic E-state index is 10.6. The van der Waals surface area contributed by atoms with Crippen LogP contribution in [0.1, 0.15) is 6.42 Å². The van der Waals surface area contributed by atoms with Gasteiger partial charge in [0.25, 0.3) is 0 Å². The van der Waals surface area contributed by atoms with E-state index in [1.54, 1.807) is 0 Å². The highest BCUT2D eigenvalue weighted by Crippen LogP contribution is 2.23. The third kappa shape index (κ3) is 2.78. The van der Waals surface area contributed by atoms with Crippen LogP contribution in [0.3, 0.4) is 0 Å². The molecule has 0 aliphatic rings. The Morgan fingerprint density at radius 1 is 1.27 bits per heavy atom. The zero-order valence-electron chi connectivity index (χ0n) is 7.58. The molecule has 0 saturated carbocycles. The summed E-state index contributed by atoms with van der Waals surface area (Å²) in [7, 11) is 0. The molecule has 84 valence electrons. The van der Waals surface area contributed by atoms with Gasteiger partial charge in [0.05, 0.1) is 6.42 Å². The van der Waals surface area contributed by atoms with Crippen molar-refractivity contribution in [3.8, 4) is 0 Å². The second kappa shape index (κ2) is 4.56. The molecule has 0 heterocycles. The molecule has 0 rings (SSSR count). The molecule has 0 aromatic rings. The largest absolute Gasteiger partial charge is 0.481 e. The van der Waals surface area contributed by atoms with Gasteiger partial charge >= 0.3 is 17.9 Å². The molecule has 0 aliphatic carbocycles. The molecule has 15 heavy (non-hydrogen) atoms. The van der Waals surface area contributed by atoms with Crippen LogP contribution in [0.5, 0.6) is 0 Å². The standard InChI is InChI=1S/C8H10O7/c1-2-4(6(11)12)8(15,7(13)14)3-5(9)10/h2,4,15H,1,3H2,(H,9,10)(H,11,12)(H,13,14). The van der Waals surface area contributed by atoms with E-state index in [1.807, 2.05) is 0 Å². The van der Waals surface area contributed by atoms with E-state index < -0.39 is 35.8 Å². The van der Waals surface area contributed by atoms with Crippen LogP contribution in [0.4, 0.5) is 0 Å². The van der Waals surface area contributed by atoms with E-state index in [2.05, 4.69) is 6.58 Å². The van der Waals surface area contributed by atoms with Crippen molar-refractivity contribution in [2.24, 2.45) is 5.92 Å². The van der Waals surface area contributed by atoms with Gasteiger partial charge in [-0.3, -0.25) is 9.59 Å². The molecule has 0 aromatic heterocycles. The molecule has 7 nitrogen and oxygen atoms in total. The van der Waals surface area contributed by atoms with E-state index in [1.165, 1.54) is 0 Å². The molecule has 0 bridgehead atoms. The average Bonchev–Trinajstić information content (AvgIpc) is 2.02. The molecule has 0 fully saturated rings. The van der Waals surface area contributed by atoms with Crippen LogP contribution >= 0.6 is 0 Å². The molecule has 0 amide bonds. The summed E-state index contributed by atoms with van der Waals surface area (Å²) >= 11 is 0. The Kier molecular flexibility index (Phi) is 3.98. The fraction of sp³-hybridized carbons (Fsp3) is 0.375. The van der Waals surface area contributed by atoms with E-state index in [0.29, 0.717) is 6.08 Å². The third-order valence-electron chi connectivity index (χ3n) is 1.81. The summed E-state index contributed by atoms with van der Waals surface area (Å²) in [6.07, 6.45) is -0.537.